The number of benzene rings is 2. The van der Waals surface area contributed by atoms with E-state index >= 15 is 0 Å². The van der Waals surface area contributed by atoms with Gasteiger partial charge in [-0.15, -0.1) is 0 Å². The molecule has 146 valence electrons. The molecule has 5 nitrogen and oxygen atoms in total. The van der Waals surface area contributed by atoms with Crippen molar-refractivity contribution in [3.63, 3.8) is 0 Å². The summed E-state index contributed by atoms with van der Waals surface area (Å²) in [5, 5.41) is 9.79. The van der Waals surface area contributed by atoms with Crippen LogP contribution >= 0.6 is 23.2 Å². The van der Waals surface area contributed by atoms with Crippen LogP contribution in [-0.2, 0) is 11.3 Å². The van der Waals surface area contributed by atoms with Gasteiger partial charge in [-0.2, -0.15) is 5.26 Å². The van der Waals surface area contributed by atoms with Gasteiger partial charge in [0.15, 0.2) is 6.10 Å². The second kappa shape index (κ2) is 9.29. The molecule has 0 N–H and O–H groups in total. The SMILES string of the molecule is CC(Oc1ccc(Cl)cc1Cl)C(=O)N1CCN(Cc2ccc(C#N)cc2)CC1. The highest BCUT2D eigenvalue weighted by Gasteiger charge is 2.26. The molecular weight excluding hydrogens is 397 g/mol. The highest BCUT2D eigenvalue weighted by atomic mass is 35.5. The Balaban J connectivity index is 1.50. The van der Waals surface area contributed by atoms with Gasteiger partial charge in [0.05, 0.1) is 16.7 Å². The largest absolute Gasteiger partial charge is 0.479 e. The number of piperazine rings is 1. The van der Waals surface area contributed by atoms with Crippen LogP contribution in [-0.4, -0.2) is 48.0 Å². The van der Waals surface area contributed by atoms with Crippen LogP contribution in [0.3, 0.4) is 0 Å². The molecule has 1 unspecified atom stereocenters. The molecule has 0 aromatic heterocycles. The van der Waals surface area contributed by atoms with E-state index < -0.39 is 6.10 Å². The summed E-state index contributed by atoms with van der Waals surface area (Å²) in [5.41, 5.74) is 1.82. The van der Waals surface area contributed by atoms with Crippen molar-refractivity contribution < 1.29 is 9.53 Å². The van der Waals surface area contributed by atoms with Gasteiger partial charge in [-0.25, -0.2) is 0 Å². The predicted molar refractivity (Wildman–Crippen MR) is 110 cm³/mol. The summed E-state index contributed by atoms with van der Waals surface area (Å²) in [4.78, 5) is 16.8. The van der Waals surface area contributed by atoms with Gasteiger partial charge < -0.3 is 9.64 Å². The molecular formula is C21H21Cl2N3O2. The minimum atomic E-state index is -0.622. The van der Waals surface area contributed by atoms with Gasteiger partial charge in [0.25, 0.3) is 5.91 Å². The molecule has 1 amide bonds. The van der Waals surface area contributed by atoms with Crippen molar-refractivity contribution in [1.29, 1.82) is 5.26 Å². The Kier molecular flexibility index (Phi) is 6.79. The topological polar surface area (TPSA) is 56.6 Å². The number of hydrogen-bond donors (Lipinski definition) is 0. The first kappa shape index (κ1) is 20.5. The first-order chi connectivity index (χ1) is 13.5. The van der Waals surface area contributed by atoms with Crippen LogP contribution in [0, 0.1) is 11.3 Å². The van der Waals surface area contributed by atoms with Crippen LogP contribution in [0.25, 0.3) is 0 Å². The van der Waals surface area contributed by atoms with Crippen LogP contribution < -0.4 is 4.74 Å². The number of hydrogen-bond acceptors (Lipinski definition) is 4. The summed E-state index contributed by atoms with van der Waals surface area (Å²) >= 11 is 12.0. The number of carbonyl (C=O) groups is 1. The lowest BCUT2D eigenvalue weighted by Gasteiger charge is -2.36. The molecule has 7 heteroatoms. The Morgan fingerprint density at radius 1 is 1.14 bits per heavy atom. The molecule has 1 saturated heterocycles. The fourth-order valence-corrected chi connectivity index (χ4v) is 3.59. The molecule has 0 radical (unpaired) electrons. The minimum absolute atomic E-state index is 0.0518. The maximum absolute atomic E-state index is 12.7. The molecule has 0 aliphatic carbocycles. The first-order valence-electron chi connectivity index (χ1n) is 9.08. The minimum Gasteiger partial charge on any atom is -0.479 e. The Morgan fingerprint density at radius 3 is 2.43 bits per heavy atom. The second-order valence-electron chi connectivity index (χ2n) is 6.74. The fourth-order valence-electron chi connectivity index (χ4n) is 3.14. The van der Waals surface area contributed by atoms with Gasteiger partial charge in [-0.3, -0.25) is 9.69 Å². The highest BCUT2D eigenvalue weighted by molar-refractivity contribution is 6.35. The van der Waals surface area contributed by atoms with Gasteiger partial charge in [-0.1, -0.05) is 35.3 Å². The van der Waals surface area contributed by atoms with E-state index in [1.54, 1.807) is 25.1 Å². The maximum Gasteiger partial charge on any atom is 0.263 e. The van der Waals surface area contributed by atoms with Crippen LogP contribution in [0.1, 0.15) is 18.1 Å². The lowest BCUT2D eigenvalue weighted by molar-refractivity contribution is -0.139. The fraction of sp³-hybridized carbons (Fsp3) is 0.333. The van der Waals surface area contributed by atoms with Gasteiger partial charge in [0.2, 0.25) is 0 Å². The van der Waals surface area contributed by atoms with Crippen LogP contribution in [0.5, 0.6) is 5.75 Å². The molecule has 2 aromatic rings. The average molecular weight is 418 g/mol. The molecule has 28 heavy (non-hydrogen) atoms. The molecule has 1 aliphatic rings. The molecule has 1 aliphatic heterocycles. The molecule has 0 spiro atoms. The van der Waals surface area contributed by atoms with Gasteiger partial charge >= 0.3 is 0 Å². The quantitative estimate of drug-likeness (QED) is 0.737. The van der Waals surface area contributed by atoms with Crippen molar-refractivity contribution >= 4 is 29.1 Å². The maximum atomic E-state index is 12.7. The molecule has 3 rings (SSSR count). The third kappa shape index (κ3) is 5.17. The van der Waals surface area contributed by atoms with Crippen LogP contribution in [0.15, 0.2) is 42.5 Å². The zero-order valence-electron chi connectivity index (χ0n) is 15.6. The van der Waals surface area contributed by atoms with Crippen LogP contribution in [0.4, 0.5) is 0 Å². The number of ether oxygens (including phenoxy) is 1. The van der Waals surface area contributed by atoms with Crippen LogP contribution in [0.2, 0.25) is 10.0 Å². The van der Waals surface area contributed by atoms with E-state index in [4.69, 9.17) is 33.2 Å². The van der Waals surface area contributed by atoms with Gasteiger partial charge in [-0.05, 0) is 42.8 Å². The summed E-state index contributed by atoms with van der Waals surface area (Å²) < 4.78 is 5.74. The van der Waals surface area contributed by atoms with Crippen molar-refractivity contribution in [2.24, 2.45) is 0 Å². The van der Waals surface area contributed by atoms with Gasteiger partial charge in [0, 0.05) is 37.7 Å². The third-order valence-electron chi connectivity index (χ3n) is 4.72. The van der Waals surface area contributed by atoms with Gasteiger partial charge in [0.1, 0.15) is 5.75 Å². The number of nitriles is 1. The van der Waals surface area contributed by atoms with E-state index in [9.17, 15) is 4.79 Å². The Labute approximate surface area is 175 Å². The van der Waals surface area contributed by atoms with E-state index in [1.165, 1.54) is 0 Å². The standard InChI is InChI=1S/C21H21Cl2N3O2/c1-15(28-20-7-6-18(22)12-19(20)23)21(27)26-10-8-25(9-11-26)14-17-4-2-16(13-24)3-5-17/h2-7,12,15H,8-11,14H2,1H3. The van der Waals surface area contributed by atoms with Crippen molar-refractivity contribution in [3.8, 4) is 11.8 Å². The first-order valence-corrected chi connectivity index (χ1v) is 9.84. The summed E-state index contributed by atoms with van der Waals surface area (Å²) in [6.07, 6.45) is -0.622. The predicted octanol–water partition coefficient (Wildman–Crippen LogP) is 3.98. The summed E-state index contributed by atoms with van der Waals surface area (Å²) in [6, 6.07) is 14.7. The van der Waals surface area contributed by atoms with E-state index in [-0.39, 0.29) is 5.91 Å². The Bertz CT molecular complexity index is 872. The number of halogens is 2. The Hall–Kier alpha value is -2.26. The van der Waals surface area contributed by atoms with Crippen molar-refractivity contribution in [3.05, 3.63) is 63.6 Å². The molecule has 1 atom stereocenters. The molecule has 0 bridgehead atoms. The zero-order valence-corrected chi connectivity index (χ0v) is 17.1. The normalized spacial score (nSPS) is 15.7. The number of rotatable bonds is 5. The second-order valence-corrected chi connectivity index (χ2v) is 7.59. The lowest BCUT2D eigenvalue weighted by Crippen LogP contribution is -2.51. The van der Waals surface area contributed by atoms with Crippen molar-refractivity contribution in [2.45, 2.75) is 19.6 Å². The smallest absolute Gasteiger partial charge is 0.263 e. The monoisotopic (exact) mass is 417 g/mol. The van der Waals surface area contributed by atoms with Crippen molar-refractivity contribution in [1.82, 2.24) is 9.80 Å². The van der Waals surface area contributed by atoms with E-state index in [0.717, 1.165) is 25.2 Å². The number of nitrogens with zero attached hydrogens (tertiary/aromatic N) is 3. The summed E-state index contributed by atoms with van der Waals surface area (Å²) in [7, 11) is 0. The average Bonchev–Trinajstić information content (AvgIpc) is 2.70. The highest BCUT2D eigenvalue weighted by Crippen LogP contribution is 2.28. The lowest BCUT2D eigenvalue weighted by atomic mass is 10.1. The van der Waals surface area contributed by atoms with E-state index in [2.05, 4.69) is 11.0 Å². The number of amides is 1. The van der Waals surface area contributed by atoms with Crippen molar-refractivity contribution in [2.75, 3.05) is 26.2 Å². The van der Waals surface area contributed by atoms with E-state index in [1.807, 2.05) is 29.2 Å². The molecule has 1 fully saturated rings. The molecule has 2 aromatic carbocycles. The zero-order chi connectivity index (χ0) is 20.1. The molecule has 1 heterocycles. The summed E-state index contributed by atoms with van der Waals surface area (Å²) in [6.45, 7) is 5.42. The summed E-state index contributed by atoms with van der Waals surface area (Å²) in [5.74, 6) is 0.399. The third-order valence-corrected chi connectivity index (χ3v) is 5.25. The number of carbonyl (C=O) groups excluding carboxylic acids is 1. The molecule has 0 saturated carbocycles. The Morgan fingerprint density at radius 2 is 1.82 bits per heavy atom. The van der Waals surface area contributed by atoms with E-state index in [0.29, 0.717) is 34.4 Å².